The largest absolute Gasteiger partial charge is 0.492 e. The van der Waals surface area contributed by atoms with Gasteiger partial charge in [-0.15, -0.1) is 0 Å². The summed E-state index contributed by atoms with van der Waals surface area (Å²) >= 11 is 0. The molecule has 0 bridgehead atoms. The molecule has 0 aliphatic rings. The standard InChI is InChI=1S/C20H23N3O2/c1-23(2)12-13-24-18-10-8-16(9-11-18)19-14-21-20(22-19)15-25-17-6-4-3-5-7-17/h3-11,14H,12-13,15H2,1-2H3,(H,21,22). The molecule has 0 spiro atoms. The highest BCUT2D eigenvalue weighted by Crippen LogP contribution is 2.21. The quantitative estimate of drug-likeness (QED) is 0.682. The minimum absolute atomic E-state index is 0.412. The molecule has 0 amide bonds. The summed E-state index contributed by atoms with van der Waals surface area (Å²) in [7, 11) is 4.06. The number of para-hydroxylation sites is 1. The molecule has 1 N–H and O–H groups in total. The maximum atomic E-state index is 5.71. The maximum Gasteiger partial charge on any atom is 0.146 e. The first kappa shape index (κ1) is 17.0. The van der Waals surface area contributed by atoms with E-state index in [-0.39, 0.29) is 0 Å². The Bertz CT molecular complexity index is 767. The van der Waals surface area contributed by atoms with Crippen LogP contribution in [-0.2, 0) is 6.61 Å². The molecule has 0 aliphatic heterocycles. The zero-order chi connectivity index (χ0) is 17.5. The van der Waals surface area contributed by atoms with Crippen molar-refractivity contribution in [1.29, 1.82) is 0 Å². The zero-order valence-electron chi connectivity index (χ0n) is 14.6. The van der Waals surface area contributed by atoms with Gasteiger partial charge in [-0.3, -0.25) is 0 Å². The van der Waals surface area contributed by atoms with Gasteiger partial charge in [0.2, 0.25) is 0 Å². The van der Waals surface area contributed by atoms with E-state index in [1.165, 1.54) is 0 Å². The number of hydrogen-bond acceptors (Lipinski definition) is 4. The van der Waals surface area contributed by atoms with Crippen molar-refractivity contribution in [3.63, 3.8) is 0 Å². The molecule has 2 aromatic carbocycles. The number of likely N-dealkylation sites (N-methyl/N-ethyl adjacent to an activating group) is 1. The Labute approximate surface area is 148 Å². The van der Waals surface area contributed by atoms with E-state index in [1.807, 2.05) is 74.9 Å². The van der Waals surface area contributed by atoms with Crippen LogP contribution in [0.2, 0.25) is 0 Å². The molecule has 0 fully saturated rings. The fourth-order valence-corrected chi connectivity index (χ4v) is 2.33. The van der Waals surface area contributed by atoms with Crippen LogP contribution < -0.4 is 9.47 Å². The lowest BCUT2D eigenvalue weighted by atomic mass is 10.2. The summed E-state index contributed by atoms with van der Waals surface area (Å²) < 4.78 is 11.4. The summed E-state index contributed by atoms with van der Waals surface area (Å²) in [5.74, 6) is 2.50. The van der Waals surface area contributed by atoms with Gasteiger partial charge in [0.05, 0.1) is 11.9 Å². The minimum atomic E-state index is 0.412. The van der Waals surface area contributed by atoms with E-state index >= 15 is 0 Å². The topological polar surface area (TPSA) is 50.4 Å². The number of H-pyrrole nitrogens is 1. The molecule has 130 valence electrons. The van der Waals surface area contributed by atoms with E-state index < -0.39 is 0 Å². The lowest BCUT2D eigenvalue weighted by molar-refractivity contribution is 0.261. The van der Waals surface area contributed by atoms with E-state index in [4.69, 9.17) is 9.47 Å². The van der Waals surface area contributed by atoms with Gasteiger partial charge in [0, 0.05) is 6.54 Å². The van der Waals surface area contributed by atoms with Crippen molar-refractivity contribution in [2.75, 3.05) is 27.2 Å². The molecular weight excluding hydrogens is 314 g/mol. The Hall–Kier alpha value is -2.79. The molecule has 3 rings (SSSR count). The van der Waals surface area contributed by atoms with Gasteiger partial charge in [-0.05, 0) is 56.1 Å². The number of aromatic amines is 1. The third-order valence-corrected chi connectivity index (χ3v) is 3.72. The second-order valence-electron chi connectivity index (χ2n) is 6.02. The monoisotopic (exact) mass is 337 g/mol. The van der Waals surface area contributed by atoms with Crippen LogP contribution in [0.25, 0.3) is 11.3 Å². The van der Waals surface area contributed by atoms with Gasteiger partial charge in [0.25, 0.3) is 0 Å². The summed E-state index contributed by atoms with van der Waals surface area (Å²) in [6, 6.07) is 17.7. The molecule has 25 heavy (non-hydrogen) atoms. The summed E-state index contributed by atoms with van der Waals surface area (Å²) in [6.45, 7) is 1.99. The predicted octanol–water partition coefficient (Wildman–Crippen LogP) is 3.60. The van der Waals surface area contributed by atoms with Gasteiger partial charge in [-0.2, -0.15) is 0 Å². The lowest BCUT2D eigenvalue weighted by Crippen LogP contribution is -2.19. The van der Waals surface area contributed by atoms with Crippen molar-refractivity contribution in [3.8, 4) is 22.8 Å². The van der Waals surface area contributed by atoms with Gasteiger partial charge >= 0.3 is 0 Å². The Kier molecular flexibility index (Phi) is 5.69. The van der Waals surface area contributed by atoms with Crippen LogP contribution in [0.15, 0.2) is 60.8 Å². The van der Waals surface area contributed by atoms with Crippen LogP contribution in [0.3, 0.4) is 0 Å². The SMILES string of the molecule is CN(C)CCOc1ccc(-c2cnc(COc3ccccc3)[nH]2)cc1. The molecule has 0 unspecified atom stereocenters. The van der Waals surface area contributed by atoms with E-state index in [9.17, 15) is 0 Å². The molecule has 0 atom stereocenters. The van der Waals surface area contributed by atoms with Crippen LogP contribution in [0, 0.1) is 0 Å². The van der Waals surface area contributed by atoms with Gasteiger partial charge in [0.1, 0.15) is 30.5 Å². The number of aromatic nitrogens is 2. The first-order valence-electron chi connectivity index (χ1n) is 8.30. The Morgan fingerprint density at radius 1 is 0.920 bits per heavy atom. The maximum absolute atomic E-state index is 5.71. The summed E-state index contributed by atoms with van der Waals surface area (Å²) in [5.41, 5.74) is 2.03. The van der Waals surface area contributed by atoms with E-state index in [2.05, 4.69) is 14.9 Å². The van der Waals surface area contributed by atoms with Crippen LogP contribution in [0.1, 0.15) is 5.82 Å². The van der Waals surface area contributed by atoms with Crippen LogP contribution in [0.4, 0.5) is 0 Å². The number of nitrogens with one attached hydrogen (secondary N) is 1. The molecule has 0 radical (unpaired) electrons. The number of ether oxygens (including phenoxy) is 2. The van der Waals surface area contributed by atoms with Crippen molar-refractivity contribution in [2.45, 2.75) is 6.61 Å². The van der Waals surface area contributed by atoms with Gasteiger partial charge in [-0.25, -0.2) is 4.98 Å². The second kappa shape index (κ2) is 8.35. The van der Waals surface area contributed by atoms with Gasteiger partial charge in [-0.1, -0.05) is 18.2 Å². The summed E-state index contributed by atoms with van der Waals surface area (Å²) in [5, 5.41) is 0. The highest BCUT2D eigenvalue weighted by Gasteiger charge is 2.05. The smallest absolute Gasteiger partial charge is 0.146 e. The predicted molar refractivity (Wildman–Crippen MR) is 98.8 cm³/mol. The van der Waals surface area contributed by atoms with E-state index in [1.54, 1.807) is 0 Å². The molecule has 1 heterocycles. The normalized spacial score (nSPS) is 10.8. The molecule has 0 saturated carbocycles. The molecule has 5 heteroatoms. The molecule has 3 aromatic rings. The van der Waals surface area contributed by atoms with Crippen molar-refractivity contribution < 1.29 is 9.47 Å². The molecule has 5 nitrogen and oxygen atoms in total. The fourth-order valence-electron chi connectivity index (χ4n) is 2.33. The first-order chi connectivity index (χ1) is 12.2. The average Bonchev–Trinajstić information content (AvgIpc) is 3.10. The summed E-state index contributed by atoms with van der Waals surface area (Å²) in [6.07, 6.45) is 1.82. The first-order valence-corrected chi connectivity index (χ1v) is 8.30. The van der Waals surface area contributed by atoms with E-state index in [0.717, 1.165) is 35.1 Å². The Morgan fingerprint density at radius 2 is 1.64 bits per heavy atom. The highest BCUT2D eigenvalue weighted by atomic mass is 16.5. The number of nitrogens with zero attached hydrogens (tertiary/aromatic N) is 2. The highest BCUT2D eigenvalue weighted by molar-refractivity contribution is 5.59. The molecular formula is C20H23N3O2. The molecule has 0 aliphatic carbocycles. The zero-order valence-corrected chi connectivity index (χ0v) is 14.6. The molecule has 1 aromatic heterocycles. The molecule has 0 saturated heterocycles. The van der Waals surface area contributed by atoms with Crippen molar-refractivity contribution >= 4 is 0 Å². The van der Waals surface area contributed by atoms with Crippen molar-refractivity contribution in [1.82, 2.24) is 14.9 Å². The number of imidazole rings is 1. The lowest BCUT2D eigenvalue weighted by Gasteiger charge is -2.11. The van der Waals surface area contributed by atoms with Crippen LogP contribution in [-0.4, -0.2) is 42.1 Å². The van der Waals surface area contributed by atoms with Gasteiger partial charge < -0.3 is 19.4 Å². The van der Waals surface area contributed by atoms with Crippen LogP contribution >= 0.6 is 0 Å². The van der Waals surface area contributed by atoms with Crippen LogP contribution in [0.5, 0.6) is 11.5 Å². The number of benzene rings is 2. The minimum Gasteiger partial charge on any atom is -0.492 e. The Morgan fingerprint density at radius 3 is 2.36 bits per heavy atom. The average molecular weight is 337 g/mol. The third kappa shape index (κ3) is 5.09. The van der Waals surface area contributed by atoms with E-state index in [0.29, 0.717) is 13.2 Å². The fraction of sp³-hybridized carbons (Fsp3) is 0.250. The number of rotatable bonds is 8. The Balaban J connectivity index is 1.56. The second-order valence-corrected chi connectivity index (χ2v) is 6.02. The summed E-state index contributed by atoms with van der Waals surface area (Å²) in [4.78, 5) is 9.77. The van der Waals surface area contributed by atoms with Crippen molar-refractivity contribution in [3.05, 3.63) is 66.6 Å². The third-order valence-electron chi connectivity index (χ3n) is 3.72. The number of hydrogen-bond donors (Lipinski definition) is 1. The van der Waals surface area contributed by atoms with Crippen molar-refractivity contribution in [2.24, 2.45) is 0 Å². The van der Waals surface area contributed by atoms with Gasteiger partial charge in [0.15, 0.2) is 0 Å².